The summed E-state index contributed by atoms with van der Waals surface area (Å²) in [4.78, 5) is 25.5. The van der Waals surface area contributed by atoms with E-state index in [4.69, 9.17) is 4.74 Å². The van der Waals surface area contributed by atoms with Crippen molar-refractivity contribution in [2.75, 3.05) is 40.3 Å². The molecular weight excluding hydrogens is 364 g/mol. The second-order valence-electron chi connectivity index (χ2n) is 7.80. The van der Waals surface area contributed by atoms with Gasteiger partial charge in [-0.3, -0.25) is 4.79 Å². The third kappa shape index (κ3) is 5.76. The highest BCUT2D eigenvalue weighted by molar-refractivity contribution is 5.93. The van der Waals surface area contributed by atoms with Gasteiger partial charge >= 0.3 is 0 Å². The molecule has 1 aromatic carbocycles. The number of ether oxygens (including phenoxy) is 1. The van der Waals surface area contributed by atoms with Crippen LogP contribution >= 0.6 is 0 Å². The molecule has 29 heavy (non-hydrogen) atoms. The molecule has 0 radical (unpaired) electrons. The van der Waals surface area contributed by atoms with Crippen molar-refractivity contribution in [2.45, 2.75) is 32.6 Å². The number of carbonyl (C=O) groups excluding carboxylic acids is 1. The van der Waals surface area contributed by atoms with Crippen LogP contribution in [0.5, 0.6) is 5.75 Å². The average Bonchev–Trinajstić information content (AvgIpc) is 2.77. The summed E-state index contributed by atoms with van der Waals surface area (Å²) < 4.78 is 5.47. The summed E-state index contributed by atoms with van der Waals surface area (Å²) in [5, 5.41) is 0. The molecule has 3 rings (SSSR count). The van der Waals surface area contributed by atoms with Crippen LogP contribution in [0.25, 0.3) is 0 Å². The molecule has 0 N–H and O–H groups in total. The zero-order chi connectivity index (χ0) is 20.6. The van der Waals surface area contributed by atoms with Gasteiger partial charge in [-0.25, -0.2) is 9.97 Å². The molecule has 6 nitrogen and oxygen atoms in total. The first-order valence-corrected chi connectivity index (χ1v) is 10.5. The summed E-state index contributed by atoms with van der Waals surface area (Å²) in [5.41, 5.74) is 1.81. The molecule has 1 atom stereocenters. The summed E-state index contributed by atoms with van der Waals surface area (Å²) in [6, 6.07) is 8.23. The number of likely N-dealkylation sites (tertiary alicyclic amines) is 1. The third-order valence-electron chi connectivity index (χ3n) is 5.64. The fourth-order valence-electron chi connectivity index (χ4n) is 4.03. The summed E-state index contributed by atoms with van der Waals surface area (Å²) in [5.74, 6) is 2.22. The first-order valence-electron chi connectivity index (χ1n) is 10.5. The SMILES string of the molecule is CCc1ncc(C(=O)N(C)C[C@@H]2CCCN(CCc3ccccc3OC)C2)cn1. The standard InChI is InChI=1S/C23H32N4O2/c1-4-22-24-14-20(15-25-22)23(28)26(2)16-18-8-7-12-27(17-18)13-11-19-9-5-6-10-21(19)29-3/h5-6,9-10,14-15,18H,4,7-8,11-13,16-17H2,1-3H3/t18-/m0/s1. The van der Waals surface area contributed by atoms with Gasteiger partial charge in [-0.15, -0.1) is 0 Å². The maximum Gasteiger partial charge on any atom is 0.256 e. The molecule has 6 heteroatoms. The Morgan fingerprint density at radius 1 is 1.28 bits per heavy atom. The second-order valence-corrected chi connectivity index (χ2v) is 7.80. The lowest BCUT2D eigenvalue weighted by molar-refractivity contribution is 0.0729. The topological polar surface area (TPSA) is 58.6 Å². The van der Waals surface area contributed by atoms with Gasteiger partial charge in [-0.2, -0.15) is 0 Å². The van der Waals surface area contributed by atoms with Crippen molar-refractivity contribution in [2.24, 2.45) is 5.92 Å². The van der Waals surface area contributed by atoms with Crippen molar-refractivity contribution in [3.8, 4) is 5.75 Å². The first-order chi connectivity index (χ1) is 14.1. The van der Waals surface area contributed by atoms with Crippen molar-refractivity contribution < 1.29 is 9.53 Å². The van der Waals surface area contributed by atoms with Crippen molar-refractivity contribution >= 4 is 5.91 Å². The van der Waals surface area contributed by atoms with Gasteiger partial charge < -0.3 is 14.5 Å². The summed E-state index contributed by atoms with van der Waals surface area (Å²) >= 11 is 0. The van der Waals surface area contributed by atoms with Gasteiger partial charge in [0.2, 0.25) is 0 Å². The molecule has 0 saturated carbocycles. The van der Waals surface area contributed by atoms with E-state index in [1.807, 2.05) is 31.0 Å². The molecule has 1 aromatic heterocycles. The normalized spacial score (nSPS) is 17.1. The van der Waals surface area contributed by atoms with Crippen LogP contribution in [0.2, 0.25) is 0 Å². The van der Waals surface area contributed by atoms with Gasteiger partial charge in [-0.1, -0.05) is 25.1 Å². The van der Waals surface area contributed by atoms with Gasteiger partial charge in [0, 0.05) is 45.5 Å². The number of carbonyl (C=O) groups is 1. The molecule has 0 bridgehead atoms. The van der Waals surface area contributed by atoms with Crippen LogP contribution in [-0.2, 0) is 12.8 Å². The number of nitrogens with zero attached hydrogens (tertiary/aromatic N) is 4. The summed E-state index contributed by atoms with van der Waals surface area (Å²) in [6.07, 6.45) is 7.38. The Morgan fingerprint density at radius 2 is 2.03 bits per heavy atom. The van der Waals surface area contributed by atoms with E-state index in [2.05, 4.69) is 27.0 Å². The smallest absolute Gasteiger partial charge is 0.256 e. The van der Waals surface area contributed by atoms with Crippen LogP contribution < -0.4 is 4.74 Å². The van der Waals surface area contributed by atoms with Crippen LogP contribution in [-0.4, -0.2) is 66.0 Å². The number of piperidine rings is 1. The lowest BCUT2D eigenvalue weighted by Crippen LogP contribution is -2.42. The van der Waals surface area contributed by atoms with E-state index >= 15 is 0 Å². The number of para-hydroxylation sites is 1. The lowest BCUT2D eigenvalue weighted by Gasteiger charge is -2.34. The largest absolute Gasteiger partial charge is 0.496 e. The summed E-state index contributed by atoms with van der Waals surface area (Å²) in [7, 11) is 3.60. The highest BCUT2D eigenvalue weighted by Gasteiger charge is 2.23. The number of benzene rings is 1. The minimum absolute atomic E-state index is 0.00111. The Bertz CT molecular complexity index is 794. The fraction of sp³-hybridized carbons (Fsp3) is 0.522. The number of aromatic nitrogens is 2. The van der Waals surface area contributed by atoms with Crippen molar-refractivity contribution in [3.05, 3.63) is 53.6 Å². The van der Waals surface area contributed by atoms with Crippen LogP contribution in [0.1, 0.15) is 41.5 Å². The highest BCUT2D eigenvalue weighted by Crippen LogP contribution is 2.21. The molecule has 156 valence electrons. The first kappa shape index (κ1) is 21.2. The Kier molecular flexibility index (Phi) is 7.58. The van der Waals surface area contributed by atoms with E-state index in [0.29, 0.717) is 11.5 Å². The zero-order valence-electron chi connectivity index (χ0n) is 17.8. The Labute approximate surface area is 173 Å². The van der Waals surface area contributed by atoms with Crippen LogP contribution in [0, 0.1) is 5.92 Å². The van der Waals surface area contributed by atoms with Crippen molar-refractivity contribution in [1.82, 2.24) is 19.8 Å². The van der Waals surface area contributed by atoms with Crippen LogP contribution in [0.15, 0.2) is 36.7 Å². The molecule has 1 amide bonds. The van der Waals surface area contributed by atoms with E-state index in [1.165, 1.54) is 12.0 Å². The number of hydrogen-bond acceptors (Lipinski definition) is 5. The molecule has 0 aliphatic carbocycles. The van der Waals surface area contributed by atoms with E-state index in [0.717, 1.165) is 57.0 Å². The van der Waals surface area contributed by atoms with Crippen molar-refractivity contribution in [3.63, 3.8) is 0 Å². The third-order valence-corrected chi connectivity index (χ3v) is 5.64. The molecule has 0 spiro atoms. The van der Waals surface area contributed by atoms with Gasteiger partial charge in [0.25, 0.3) is 5.91 Å². The Balaban J connectivity index is 1.51. The average molecular weight is 397 g/mol. The zero-order valence-corrected chi connectivity index (χ0v) is 17.8. The van der Waals surface area contributed by atoms with Gasteiger partial charge in [0.15, 0.2) is 0 Å². The number of hydrogen-bond donors (Lipinski definition) is 0. The van der Waals surface area contributed by atoms with Gasteiger partial charge in [0.05, 0.1) is 12.7 Å². The lowest BCUT2D eigenvalue weighted by atomic mass is 9.97. The Morgan fingerprint density at radius 3 is 2.76 bits per heavy atom. The van der Waals surface area contributed by atoms with Crippen LogP contribution in [0.4, 0.5) is 0 Å². The van der Waals surface area contributed by atoms with E-state index in [-0.39, 0.29) is 5.91 Å². The maximum atomic E-state index is 12.7. The number of amides is 1. The predicted octanol–water partition coefficient (Wildman–Crippen LogP) is 3.07. The van der Waals surface area contributed by atoms with Gasteiger partial charge in [-0.05, 0) is 43.4 Å². The second kappa shape index (κ2) is 10.3. The molecule has 1 fully saturated rings. The summed E-state index contributed by atoms with van der Waals surface area (Å²) in [6.45, 7) is 5.93. The number of rotatable bonds is 8. The quantitative estimate of drug-likeness (QED) is 0.686. The molecule has 2 aromatic rings. The highest BCUT2D eigenvalue weighted by atomic mass is 16.5. The molecule has 1 aliphatic heterocycles. The van der Waals surface area contributed by atoms with E-state index < -0.39 is 0 Å². The van der Waals surface area contributed by atoms with Crippen molar-refractivity contribution in [1.29, 1.82) is 0 Å². The fourth-order valence-corrected chi connectivity index (χ4v) is 4.03. The maximum absolute atomic E-state index is 12.7. The number of methoxy groups -OCH3 is 1. The minimum atomic E-state index is -0.00111. The predicted molar refractivity (Wildman–Crippen MR) is 114 cm³/mol. The molecular formula is C23H32N4O2. The van der Waals surface area contributed by atoms with E-state index in [9.17, 15) is 4.79 Å². The molecule has 1 aliphatic rings. The minimum Gasteiger partial charge on any atom is -0.496 e. The van der Waals surface area contributed by atoms with E-state index in [1.54, 1.807) is 19.5 Å². The Hall–Kier alpha value is -2.47. The monoisotopic (exact) mass is 396 g/mol. The molecule has 2 heterocycles. The molecule has 1 saturated heterocycles. The van der Waals surface area contributed by atoms with Gasteiger partial charge in [0.1, 0.15) is 11.6 Å². The molecule has 0 unspecified atom stereocenters. The van der Waals surface area contributed by atoms with Crippen LogP contribution in [0.3, 0.4) is 0 Å². The number of aryl methyl sites for hydroxylation is 1.